The van der Waals surface area contributed by atoms with Gasteiger partial charge in [-0.2, -0.15) is 0 Å². The molecule has 1 aromatic rings. The lowest BCUT2D eigenvalue weighted by Gasteiger charge is -2.31. The van der Waals surface area contributed by atoms with E-state index in [1.807, 2.05) is 0 Å². The molecule has 0 radical (unpaired) electrons. The number of likely N-dealkylation sites (tertiary alicyclic amines) is 1. The molecule has 114 valence electrons. The SMILES string of the molecule is Cc1cc(C)c(C(C)NC2CCC(=O)N(C)C2=O)cc1C. The van der Waals surface area contributed by atoms with Crippen molar-refractivity contribution in [2.75, 3.05) is 7.05 Å². The Kier molecular flexibility index (Phi) is 4.47. The van der Waals surface area contributed by atoms with Crippen LogP contribution in [0.15, 0.2) is 12.1 Å². The molecular weight excluding hydrogens is 264 g/mol. The average Bonchev–Trinajstić information content (AvgIpc) is 2.43. The van der Waals surface area contributed by atoms with E-state index in [1.54, 1.807) is 7.05 Å². The molecule has 1 aromatic carbocycles. The van der Waals surface area contributed by atoms with Gasteiger partial charge < -0.3 is 0 Å². The molecule has 0 aliphatic carbocycles. The number of carbonyl (C=O) groups is 2. The minimum Gasteiger partial charge on any atom is -0.299 e. The van der Waals surface area contributed by atoms with Gasteiger partial charge in [-0.1, -0.05) is 12.1 Å². The van der Waals surface area contributed by atoms with E-state index in [0.29, 0.717) is 12.8 Å². The highest BCUT2D eigenvalue weighted by Crippen LogP contribution is 2.23. The fourth-order valence-corrected chi connectivity index (χ4v) is 2.91. The molecule has 2 unspecified atom stereocenters. The van der Waals surface area contributed by atoms with Crippen molar-refractivity contribution >= 4 is 11.8 Å². The molecule has 1 fully saturated rings. The van der Waals surface area contributed by atoms with Crippen molar-refractivity contribution in [3.8, 4) is 0 Å². The molecule has 2 amide bonds. The first kappa shape index (κ1) is 15.7. The zero-order valence-electron chi connectivity index (χ0n) is 13.5. The summed E-state index contributed by atoms with van der Waals surface area (Å²) < 4.78 is 0. The minimum atomic E-state index is -0.274. The van der Waals surface area contributed by atoms with Crippen LogP contribution >= 0.6 is 0 Å². The number of piperidine rings is 1. The lowest BCUT2D eigenvalue weighted by Crippen LogP contribution is -2.51. The molecular formula is C17H24N2O2. The quantitative estimate of drug-likeness (QED) is 0.869. The highest BCUT2D eigenvalue weighted by molar-refractivity contribution is 6.00. The zero-order valence-corrected chi connectivity index (χ0v) is 13.5. The van der Waals surface area contributed by atoms with Crippen LogP contribution in [0.3, 0.4) is 0 Å². The zero-order chi connectivity index (χ0) is 15.7. The van der Waals surface area contributed by atoms with Crippen LogP contribution in [-0.4, -0.2) is 29.8 Å². The summed E-state index contributed by atoms with van der Waals surface area (Å²) in [6.07, 6.45) is 1.01. The Hall–Kier alpha value is -1.68. The maximum atomic E-state index is 12.2. The van der Waals surface area contributed by atoms with Gasteiger partial charge in [-0.15, -0.1) is 0 Å². The summed E-state index contributed by atoms with van der Waals surface area (Å²) in [6.45, 7) is 8.37. The fraction of sp³-hybridized carbons (Fsp3) is 0.529. The van der Waals surface area contributed by atoms with Gasteiger partial charge in [0, 0.05) is 19.5 Å². The topological polar surface area (TPSA) is 49.4 Å². The molecule has 1 N–H and O–H groups in total. The van der Waals surface area contributed by atoms with Crippen LogP contribution in [0.25, 0.3) is 0 Å². The standard InChI is InChI=1S/C17H24N2O2/c1-10-8-12(3)14(9-11(10)2)13(4)18-15-6-7-16(20)19(5)17(15)21/h8-9,13,15,18H,6-7H2,1-5H3. The predicted molar refractivity (Wildman–Crippen MR) is 83.0 cm³/mol. The lowest BCUT2D eigenvalue weighted by atomic mass is 9.95. The molecule has 0 aromatic heterocycles. The number of nitrogens with zero attached hydrogens (tertiary/aromatic N) is 1. The molecule has 2 rings (SSSR count). The Morgan fingerprint density at radius 3 is 2.43 bits per heavy atom. The summed E-state index contributed by atoms with van der Waals surface area (Å²) in [5.41, 5.74) is 4.98. The Labute approximate surface area is 126 Å². The van der Waals surface area contributed by atoms with E-state index in [1.165, 1.54) is 27.2 Å². The number of amides is 2. The Morgan fingerprint density at radius 1 is 1.14 bits per heavy atom. The van der Waals surface area contributed by atoms with Crippen molar-refractivity contribution in [3.05, 3.63) is 34.4 Å². The predicted octanol–water partition coefficient (Wildman–Crippen LogP) is 2.41. The third kappa shape index (κ3) is 3.16. The molecule has 4 heteroatoms. The third-order valence-corrected chi connectivity index (χ3v) is 4.45. The molecule has 0 spiro atoms. The largest absolute Gasteiger partial charge is 0.299 e. The highest BCUT2D eigenvalue weighted by atomic mass is 16.2. The van der Waals surface area contributed by atoms with Gasteiger partial charge in [0.2, 0.25) is 11.8 Å². The molecule has 0 saturated carbocycles. The van der Waals surface area contributed by atoms with E-state index < -0.39 is 0 Å². The molecule has 2 atom stereocenters. The lowest BCUT2D eigenvalue weighted by molar-refractivity contribution is -0.148. The smallest absolute Gasteiger partial charge is 0.246 e. The third-order valence-electron chi connectivity index (χ3n) is 4.45. The number of benzene rings is 1. The molecule has 4 nitrogen and oxygen atoms in total. The van der Waals surface area contributed by atoms with Crippen LogP contribution in [0.1, 0.15) is 48.1 Å². The van der Waals surface area contributed by atoms with Crippen molar-refractivity contribution in [1.29, 1.82) is 0 Å². The van der Waals surface area contributed by atoms with Crippen molar-refractivity contribution in [2.45, 2.75) is 52.6 Å². The number of hydrogen-bond acceptors (Lipinski definition) is 3. The number of nitrogens with one attached hydrogen (secondary N) is 1. The van der Waals surface area contributed by atoms with E-state index in [9.17, 15) is 9.59 Å². The highest BCUT2D eigenvalue weighted by Gasteiger charge is 2.32. The van der Waals surface area contributed by atoms with Gasteiger partial charge in [0.1, 0.15) is 0 Å². The van der Waals surface area contributed by atoms with Gasteiger partial charge in [0.15, 0.2) is 0 Å². The summed E-state index contributed by atoms with van der Waals surface area (Å²) >= 11 is 0. The molecule has 1 heterocycles. The van der Waals surface area contributed by atoms with Gasteiger partial charge in [-0.05, 0) is 56.4 Å². The second kappa shape index (κ2) is 5.98. The number of aryl methyl sites for hydroxylation is 3. The first-order chi connectivity index (χ1) is 9.81. The number of imide groups is 1. The molecule has 1 saturated heterocycles. The summed E-state index contributed by atoms with van der Waals surface area (Å²) in [7, 11) is 1.56. The molecule has 1 aliphatic rings. The maximum Gasteiger partial charge on any atom is 0.246 e. The van der Waals surface area contributed by atoms with Crippen LogP contribution in [0.4, 0.5) is 0 Å². The van der Waals surface area contributed by atoms with Gasteiger partial charge in [-0.3, -0.25) is 19.8 Å². The van der Waals surface area contributed by atoms with Gasteiger partial charge in [0.05, 0.1) is 6.04 Å². The number of carbonyl (C=O) groups excluding carboxylic acids is 2. The fourth-order valence-electron chi connectivity index (χ4n) is 2.91. The summed E-state index contributed by atoms with van der Waals surface area (Å²) in [5.74, 6) is -0.215. The van der Waals surface area contributed by atoms with Crippen LogP contribution in [-0.2, 0) is 9.59 Å². The molecule has 21 heavy (non-hydrogen) atoms. The number of rotatable bonds is 3. The monoisotopic (exact) mass is 288 g/mol. The minimum absolute atomic E-state index is 0.0832. The number of likely N-dealkylation sites (N-methyl/N-ethyl adjacent to an activating group) is 1. The van der Waals surface area contributed by atoms with E-state index >= 15 is 0 Å². The first-order valence-corrected chi connectivity index (χ1v) is 7.45. The van der Waals surface area contributed by atoms with Crippen molar-refractivity contribution in [3.63, 3.8) is 0 Å². The van der Waals surface area contributed by atoms with Crippen LogP contribution in [0, 0.1) is 20.8 Å². The second-order valence-corrected chi connectivity index (χ2v) is 6.06. The van der Waals surface area contributed by atoms with Crippen molar-refractivity contribution in [1.82, 2.24) is 10.2 Å². The summed E-state index contributed by atoms with van der Waals surface area (Å²) in [5, 5.41) is 3.38. The number of hydrogen-bond donors (Lipinski definition) is 1. The van der Waals surface area contributed by atoms with E-state index in [4.69, 9.17) is 0 Å². The van der Waals surface area contributed by atoms with Gasteiger partial charge in [-0.25, -0.2) is 0 Å². The molecule has 1 aliphatic heterocycles. The van der Waals surface area contributed by atoms with Crippen LogP contribution in [0.5, 0.6) is 0 Å². The van der Waals surface area contributed by atoms with E-state index in [-0.39, 0.29) is 23.9 Å². The maximum absolute atomic E-state index is 12.2. The van der Waals surface area contributed by atoms with Gasteiger partial charge >= 0.3 is 0 Å². The summed E-state index contributed by atoms with van der Waals surface area (Å²) in [4.78, 5) is 24.9. The Bertz CT molecular complexity index is 580. The first-order valence-electron chi connectivity index (χ1n) is 7.45. The second-order valence-electron chi connectivity index (χ2n) is 6.06. The van der Waals surface area contributed by atoms with E-state index in [0.717, 1.165) is 0 Å². The van der Waals surface area contributed by atoms with Crippen molar-refractivity contribution < 1.29 is 9.59 Å². The Balaban J connectivity index is 2.15. The van der Waals surface area contributed by atoms with Gasteiger partial charge in [0.25, 0.3) is 0 Å². The van der Waals surface area contributed by atoms with Crippen LogP contribution < -0.4 is 5.32 Å². The van der Waals surface area contributed by atoms with Crippen molar-refractivity contribution in [2.24, 2.45) is 0 Å². The van der Waals surface area contributed by atoms with Crippen LogP contribution in [0.2, 0.25) is 0 Å². The molecule has 0 bridgehead atoms. The average molecular weight is 288 g/mol. The Morgan fingerprint density at radius 2 is 1.76 bits per heavy atom. The summed E-state index contributed by atoms with van der Waals surface area (Å²) in [6, 6.07) is 4.18. The normalized spacial score (nSPS) is 20.8. The van der Waals surface area contributed by atoms with E-state index in [2.05, 4.69) is 45.1 Å².